The Labute approximate surface area is 205 Å². The summed E-state index contributed by atoms with van der Waals surface area (Å²) in [5, 5.41) is 0.891. The molecular weight excluding hydrogens is 604 g/mol. The minimum Gasteiger partial charge on any atom is -0.485 e. The average molecular weight is 632 g/mol. The monoisotopic (exact) mass is 632 g/mol. The number of rotatable bonds is 9. The number of likely N-dealkylation sites (N-methyl/N-ethyl adjacent to an activating group) is 1. The number of halogens is 2. The number of ketones is 1. The quantitative estimate of drug-likeness (QED) is 0.158. The number of quaternary nitrogens is 1. The van der Waals surface area contributed by atoms with Crippen molar-refractivity contribution in [3.8, 4) is 5.75 Å². The summed E-state index contributed by atoms with van der Waals surface area (Å²) in [6.07, 6.45) is 2.82. The van der Waals surface area contributed by atoms with Crippen LogP contribution in [0.2, 0.25) is 0 Å². The van der Waals surface area contributed by atoms with Crippen molar-refractivity contribution in [1.82, 2.24) is 0 Å². The van der Waals surface area contributed by atoms with E-state index in [2.05, 4.69) is 73.2 Å². The van der Waals surface area contributed by atoms with Crippen LogP contribution in [-0.2, 0) is 6.42 Å². The molecule has 30 heavy (non-hydrogen) atoms. The van der Waals surface area contributed by atoms with Gasteiger partial charge in [0.25, 0.3) is 0 Å². The number of hydrogen-bond donors (Lipinski definition) is 0. The molecule has 2 aromatic carbocycles. The molecule has 0 aliphatic rings. The van der Waals surface area contributed by atoms with E-state index in [4.69, 9.17) is 9.15 Å². The van der Waals surface area contributed by atoms with E-state index in [-0.39, 0.29) is 5.78 Å². The van der Waals surface area contributed by atoms with Crippen molar-refractivity contribution in [3.63, 3.8) is 0 Å². The van der Waals surface area contributed by atoms with Gasteiger partial charge in [-0.2, -0.15) is 0 Å². The molecule has 4 nitrogen and oxygen atoms in total. The maximum Gasteiger partial charge on any atom is 0.197 e. The summed E-state index contributed by atoms with van der Waals surface area (Å²) in [6, 6.07) is 11.7. The first kappa shape index (κ1) is 23.5. The van der Waals surface area contributed by atoms with Crippen LogP contribution >= 0.6 is 45.2 Å². The number of fused-ring (bicyclic) bond motifs is 1. The number of ether oxygens (including phenoxy) is 1. The van der Waals surface area contributed by atoms with Gasteiger partial charge in [-0.1, -0.05) is 31.5 Å². The van der Waals surface area contributed by atoms with Crippen molar-refractivity contribution in [2.24, 2.45) is 0 Å². The Morgan fingerprint density at radius 2 is 1.77 bits per heavy atom. The van der Waals surface area contributed by atoms with Crippen LogP contribution in [0.5, 0.6) is 5.75 Å². The summed E-state index contributed by atoms with van der Waals surface area (Å²) in [5.41, 5.74) is 2.15. The number of aryl methyl sites for hydroxylation is 1. The van der Waals surface area contributed by atoms with Gasteiger partial charge in [-0.15, -0.1) is 0 Å². The third-order valence-corrected chi connectivity index (χ3v) is 6.52. The molecule has 0 atom stereocenters. The minimum atomic E-state index is 0.0137. The van der Waals surface area contributed by atoms with Gasteiger partial charge in [0.2, 0.25) is 0 Å². The Morgan fingerprint density at radius 3 is 2.40 bits per heavy atom. The van der Waals surface area contributed by atoms with E-state index in [1.54, 1.807) is 0 Å². The summed E-state index contributed by atoms with van der Waals surface area (Å²) in [5.74, 6) is 1.65. The van der Waals surface area contributed by atoms with Crippen LogP contribution in [-0.4, -0.2) is 44.6 Å². The second kappa shape index (κ2) is 9.99. The molecule has 0 fully saturated rings. The van der Waals surface area contributed by atoms with Gasteiger partial charge in [0.15, 0.2) is 5.78 Å². The van der Waals surface area contributed by atoms with Crippen LogP contribution < -0.4 is 4.74 Å². The van der Waals surface area contributed by atoms with Gasteiger partial charge in [-0.05, 0) is 69.8 Å². The van der Waals surface area contributed by atoms with Crippen LogP contribution in [0.1, 0.15) is 41.4 Å². The molecule has 160 valence electrons. The number of benzene rings is 2. The van der Waals surface area contributed by atoms with E-state index in [1.165, 1.54) is 0 Å². The zero-order chi connectivity index (χ0) is 21.9. The maximum atomic E-state index is 13.6. The minimum absolute atomic E-state index is 0.0137. The van der Waals surface area contributed by atoms with Gasteiger partial charge in [0.05, 0.1) is 33.8 Å². The standard InChI is InChI=1S/C24H28I2NO3/c1-5-6-10-21-22(17-9-7-8-11-20(17)30-21)23(28)16-14-18(25)24(19(26)15-16)29-13-12-27(2,3)4/h7-9,11,14-15H,5-6,10,12-13H2,1-4H3/q+1. The van der Waals surface area contributed by atoms with Gasteiger partial charge in [0, 0.05) is 17.4 Å². The number of para-hydroxylation sites is 1. The highest BCUT2D eigenvalue weighted by molar-refractivity contribution is 14.1. The first-order valence-electron chi connectivity index (χ1n) is 10.2. The summed E-state index contributed by atoms with van der Waals surface area (Å²) >= 11 is 4.52. The van der Waals surface area contributed by atoms with Crippen molar-refractivity contribution in [2.45, 2.75) is 26.2 Å². The molecule has 0 unspecified atom stereocenters. The first-order valence-corrected chi connectivity index (χ1v) is 12.3. The predicted molar refractivity (Wildman–Crippen MR) is 139 cm³/mol. The molecule has 0 saturated heterocycles. The smallest absolute Gasteiger partial charge is 0.197 e. The highest BCUT2D eigenvalue weighted by Gasteiger charge is 2.23. The molecule has 6 heteroatoms. The summed E-state index contributed by atoms with van der Waals surface area (Å²) < 4.78 is 14.9. The highest BCUT2D eigenvalue weighted by atomic mass is 127. The number of nitrogens with zero attached hydrogens (tertiary/aromatic N) is 1. The van der Waals surface area contributed by atoms with E-state index in [0.29, 0.717) is 17.7 Å². The summed E-state index contributed by atoms with van der Waals surface area (Å²) in [6.45, 7) is 3.69. The van der Waals surface area contributed by atoms with Gasteiger partial charge in [0.1, 0.15) is 30.2 Å². The Bertz CT molecular complexity index is 1030. The molecule has 1 heterocycles. The van der Waals surface area contributed by atoms with Crippen LogP contribution in [0.25, 0.3) is 11.0 Å². The number of carbonyl (C=O) groups is 1. The van der Waals surface area contributed by atoms with Gasteiger partial charge in [-0.3, -0.25) is 4.79 Å². The van der Waals surface area contributed by atoms with Crippen LogP contribution in [0, 0.1) is 7.14 Å². The normalized spacial score (nSPS) is 11.8. The van der Waals surface area contributed by atoms with Gasteiger partial charge >= 0.3 is 0 Å². The number of hydrogen-bond acceptors (Lipinski definition) is 3. The third-order valence-electron chi connectivity index (χ3n) is 4.92. The zero-order valence-corrected chi connectivity index (χ0v) is 22.2. The van der Waals surface area contributed by atoms with Crippen molar-refractivity contribution in [2.75, 3.05) is 34.3 Å². The van der Waals surface area contributed by atoms with E-state index in [1.807, 2.05) is 36.4 Å². The summed E-state index contributed by atoms with van der Waals surface area (Å²) in [4.78, 5) is 13.6. The van der Waals surface area contributed by atoms with Crippen molar-refractivity contribution in [1.29, 1.82) is 0 Å². The van der Waals surface area contributed by atoms with Crippen LogP contribution in [0.4, 0.5) is 0 Å². The summed E-state index contributed by atoms with van der Waals surface area (Å²) in [7, 11) is 6.44. The molecule has 0 N–H and O–H groups in total. The second-order valence-electron chi connectivity index (χ2n) is 8.46. The van der Waals surface area contributed by atoms with Crippen molar-refractivity contribution >= 4 is 61.9 Å². The predicted octanol–water partition coefficient (Wildman–Crippen LogP) is 6.30. The molecule has 0 radical (unpaired) electrons. The zero-order valence-electron chi connectivity index (χ0n) is 17.9. The molecule has 0 amide bonds. The van der Waals surface area contributed by atoms with E-state index < -0.39 is 0 Å². The second-order valence-corrected chi connectivity index (χ2v) is 10.8. The SMILES string of the molecule is CCCCc1oc2ccccc2c1C(=O)c1cc(I)c(OCC[N+](C)(C)C)c(I)c1. The molecular formula is C24H28I2NO3+. The number of carbonyl (C=O) groups excluding carboxylic acids is 1. The molecule has 3 rings (SSSR count). The van der Waals surface area contributed by atoms with E-state index >= 15 is 0 Å². The topological polar surface area (TPSA) is 39.4 Å². The number of furan rings is 1. The lowest BCUT2D eigenvalue weighted by molar-refractivity contribution is -0.870. The van der Waals surface area contributed by atoms with Gasteiger partial charge < -0.3 is 13.6 Å². The maximum absolute atomic E-state index is 13.6. The lowest BCUT2D eigenvalue weighted by atomic mass is 9.98. The van der Waals surface area contributed by atoms with Crippen molar-refractivity contribution in [3.05, 3.63) is 60.4 Å². The number of unbranched alkanes of at least 4 members (excludes halogenated alkanes) is 1. The molecule has 0 aliphatic heterocycles. The molecule has 0 saturated carbocycles. The fraction of sp³-hybridized carbons (Fsp3) is 0.375. The highest BCUT2D eigenvalue weighted by Crippen LogP contribution is 2.33. The van der Waals surface area contributed by atoms with Crippen molar-refractivity contribution < 1.29 is 18.4 Å². The molecule has 0 bridgehead atoms. The molecule has 0 spiro atoms. The van der Waals surface area contributed by atoms with Crippen LogP contribution in [0.3, 0.4) is 0 Å². The van der Waals surface area contributed by atoms with Crippen LogP contribution in [0.15, 0.2) is 40.8 Å². The molecule has 0 aliphatic carbocycles. The Kier molecular flexibility index (Phi) is 7.84. The molecule has 1 aromatic heterocycles. The Morgan fingerprint density at radius 1 is 1.10 bits per heavy atom. The van der Waals surface area contributed by atoms with E-state index in [0.717, 1.165) is 59.9 Å². The fourth-order valence-corrected chi connectivity index (χ4v) is 5.33. The average Bonchev–Trinajstić information content (AvgIpc) is 3.05. The molecule has 3 aromatic rings. The largest absolute Gasteiger partial charge is 0.485 e. The van der Waals surface area contributed by atoms with E-state index in [9.17, 15) is 4.79 Å². The fourth-order valence-electron chi connectivity index (χ4n) is 3.25. The lowest BCUT2D eigenvalue weighted by Crippen LogP contribution is -2.38. The Hall–Kier alpha value is -1.13. The third kappa shape index (κ3) is 5.56. The first-order chi connectivity index (χ1) is 14.2. The lowest BCUT2D eigenvalue weighted by Gasteiger charge is -2.24. The van der Waals surface area contributed by atoms with Gasteiger partial charge in [-0.25, -0.2) is 0 Å². The Balaban J connectivity index is 1.94.